The van der Waals surface area contributed by atoms with Crippen molar-refractivity contribution in [2.75, 3.05) is 47.5 Å². The maximum absolute atomic E-state index is 12.9. The molecule has 0 radical (unpaired) electrons. The van der Waals surface area contributed by atoms with Crippen LogP contribution in [0.1, 0.15) is 348 Å². The minimum absolute atomic E-state index is 0.0364. The number of ether oxygens (including phenoxy) is 2. The number of esters is 2. The Balaban J connectivity index is 3.98. The third-order valence-corrected chi connectivity index (χ3v) is 18.7. The number of likely N-dealkylation sites (N-methyl/N-ethyl adjacent to an activating group) is 1. The van der Waals surface area contributed by atoms with E-state index in [9.17, 15) is 19.0 Å². The molecule has 0 saturated heterocycles. The first-order valence-corrected chi connectivity index (χ1v) is 43.3. The van der Waals surface area contributed by atoms with Crippen LogP contribution in [0.4, 0.5) is 0 Å². The molecule has 102 heavy (non-hydrogen) atoms. The molecule has 0 aliphatic carbocycles. The van der Waals surface area contributed by atoms with E-state index in [1.54, 1.807) is 0 Å². The molecule has 0 heterocycles. The Morgan fingerprint density at radius 3 is 0.784 bits per heavy atom. The van der Waals surface area contributed by atoms with Crippen LogP contribution in [-0.4, -0.2) is 70.0 Å². The maximum Gasteiger partial charge on any atom is 0.306 e. The van der Waals surface area contributed by atoms with Crippen molar-refractivity contribution >= 4 is 19.8 Å². The lowest BCUT2D eigenvalue weighted by atomic mass is 10.0. The van der Waals surface area contributed by atoms with Gasteiger partial charge in [0.05, 0.1) is 27.7 Å². The van der Waals surface area contributed by atoms with Gasteiger partial charge < -0.3 is 27.9 Å². The lowest BCUT2D eigenvalue weighted by molar-refractivity contribution is -0.870. The first-order chi connectivity index (χ1) is 50.0. The molecule has 0 aromatic carbocycles. The van der Waals surface area contributed by atoms with Crippen LogP contribution in [0, 0.1) is 0 Å². The van der Waals surface area contributed by atoms with Crippen molar-refractivity contribution in [2.45, 2.75) is 354 Å². The molecule has 0 saturated carbocycles. The van der Waals surface area contributed by atoms with Gasteiger partial charge in [0.15, 0.2) is 6.10 Å². The number of phosphoric acid groups is 1. The van der Waals surface area contributed by atoms with E-state index >= 15 is 0 Å². The van der Waals surface area contributed by atoms with Crippen molar-refractivity contribution < 1.29 is 42.1 Å². The molecular formula is C92H156NO8P. The predicted octanol–water partition coefficient (Wildman–Crippen LogP) is 27.8. The van der Waals surface area contributed by atoms with E-state index in [1.807, 2.05) is 21.1 Å². The molecule has 0 bridgehead atoms. The number of carbonyl (C=O) groups is 2. The first-order valence-electron chi connectivity index (χ1n) is 41.8. The van der Waals surface area contributed by atoms with Gasteiger partial charge in [-0.05, 0) is 128 Å². The van der Waals surface area contributed by atoms with Gasteiger partial charge in [-0.3, -0.25) is 14.2 Å². The summed E-state index contributed by atoms with van der Waals surface area (Å²) in [4.78, 5) is 38.2. The predicted molar refractivity (Wildman–Crippen MR) is 443 cm³/mol. The van der Waals surface area contributed by atoms with Crippen molar-refractivity contribution in [3.8, 4) is 0 Å². The number of carbonyl (C=O) groups excluding carboxylic acids is 2. The standard InChI is InChI=1S/C92H156NO8P/c1-6-8-10-12-14-16-18-20-22-24-26-28-30-32-34-36-38-40-42-44-46-48-50-52-54-56-58-60-62-64-66-68-70-72-74-76-78-80-82-84-91(94)98-88-90(89-100-102(96,97)99-87-86-93(3,4)5)101-92(95)85-83-81-79-77-75-73-71-69-67-65-63-61-59-57-55-53-51-49-47-45-43-41-39-37-35-33-31-29-27-25-23-21-19-17-15-13-11-9-7-2/h8-11,14-17,20-23,26-29,32-35,39,41,45,47,51,53,57,59,90H,6-7,12-13,18-19,24-25,30-31,36-38,40,42-44,46,48-50,52,54-56,58,60-89H2,1-5H3/b10-8-,11-9-,16-14-,17-15-,22-20-,23-21-,28-26-,29-27-,34-32-,35-33-,41-39-,47-45-,53-51-,59-57-. The van der Waals surface area contributed by atoms with Crippen molar-refractivity contribution in [3.63, 3.8) is 0 Å². The van der Waals surface area contributed by atoms with Gasteiger partial charge in [-0.2, -0.15) is 0 Å². The molecule has 0 spiro atoms. The van der Waals surface area contributed by atoms with Gasteiger partial charge in [-0.1, -0.05) is 377 Å². The fraction of sp³-hybridized carbons (Fsp3) is 0.674. The van der Waals surface area contributed by atoms with E-state index in [-0.39, 0.29) is 32.0 Å². The molecule has 2 atom stereocenters. The Labute approximate surface area is 629 Å². The van der Waals surface area contributed by atoms with Crippen LogP contribution < -0.4 is 4.89 Å². The first kappa shape index (κ1) is 97.4. The summed E-state index contributed by atoms with van der Waals surface area (Å²) in [5.41, 5.74) is 0. The second kappa shape index (κ2) is 80.5. The highest BCUT2D eigenvalue weighted by Gasteiger charge is 2.22. The second-order valence-electron chi connectivity index (χ2n) is 28.7. The molecule has 0 N–H and O–H groups in total. The van der Waals surface area contributed by atoms with E-state index in [0.29, 0.717) is 17.4 Å². The summed E-state index contributed by atoms with van der Waals surface area (Å²) in [5, 5.41) is 0. The zero-order valence-electron chi connectivity index (χ0n) is 66.5. The highest BCUT2D eigenvalue weighted by atomic mass is 31.2. The van der Waals surface area contributed by atoms with Crippen molar-refractivity contribution in [1.82, 2.24) is 0 Å². The van der Waals surface area contributed by atoms with E-state index < -0.39 is 26.5 Å². The minimum Gasteiger partial charge on any atom is -0.756 e. The molecule has 2 unspecified atom stereocenters. The Morgan fingerprint density at radius 1 is 0.304 bits per heavy atom. The molecule has 10 heteroatoms. The highest BCUT2D eigenvalue weighted by molar-refractivity contribution is 7.45. The van der Waals surface area contributed by atoms with Crippen LogP contribution >= 0.6 is 7.82 Å². The third-order valence-electron chi connectivity index (χ3n) is 17.7. The zero-order chi connectivity index (χ0) is 74.0. The van der Waals surface area contributed by atoms with Crippen molar-refractivity contribution in [3.05, 3.63) is 170 Å². The largest absolute Gasteiger partial charge is 0.756 e. The summed E-state index contributed by atoms with van der Waals surface area (Å²) >= 11 is 0. The molecular weight excluding hydrogens is 1280 g/mol. The lowest BCUT2D eigenvalue weighted by Gasteiger charge is -2.28. The monoisotopic (exact) mass is 1430 g/mol. The topological polar surface area (TPSA) is 111 Å². The van der Waals surface area contributed by atoms with Gasteiger partial charge in [-0.25, -0.2) is 0 Å². The highest BCUT2D eigenvalue weighted by Crippen LogP contribution is 2.38. The molecule has 9 nitrogen and oxygen atoms in total. The molecule has 0 aromatic rings. The SMILES string of the molecule is CC/C=C\C/C=C\C/C=C\C/C=C\C/C=C\C/C=C\C/C=C\C/C=C\C/C=C\CCCCCCCCCCCCCC(=O)OC(COC(=O)CCCCCCCCCCCCCCCCCCCCCCCCC/C=C\C/C=C\C/C=C\C/C=C\C/C=C\CC)COP(=O)([O-])OCC[N+](C)(C)C. The van der Waals surface area contributed by atoms with Crippen LogP contribution in [-0.2, 0) is 32.7 Å². The molecule has 0 aromatic heterocycles. The Morgan fingerprint density at radius 2 is 0.529 bits per heavy atom. The van der Waals surface area contributed by atoms with E-state index in [1.165, 1.54) is 180 Å². The summed E-state index contributed by atoms with van der Waals surface area (Å²) in [6.07, 6.45) is 122. The fourth-order valence-corrected chi connectivity index (χ4v) is 12.2. The quantitative estimate of drug-likeness (QED) is 0.0195. The second-order valence-corrected chi connectivity index (χ2v) is 30.1. The van der Waals surface area contributed by atoms with E-state index in [0.717, 1.165) is 135 Å². The number of allylic oxidation sites excluding steroid dienone is 28. The molecule has 0 aliphatic rings. The van der Waals surface area contributed by atoms with Gasteiger partial charge in [0.1, 0.15) is 19.8 Å². The summed E-state index contributed by atoms with van der Waals surface area (Å²) in [6.45, 7) is 4.03. The minimum atomic E-state index is -4.66. The van der Waals surface area contributed by atoms with Crippen LogP contribution in [0.2, 0.25) is 0 Å². The molecule has 582 valence electrons. The summed E-state index contributed by atoms with van der Waals surface area (Å²) in [7, 11) is 1.16. The average Bonchev–Trinajstić information content (AvgIpc) is 0.914. The average molecular weight is 1440 g/mol. The maximum atomic E-state index is 12.9. The van der Waals surface area contributed by atoms with Gasteiger partial charge in [0.25, 0.3) is 7.82 Å². The van der Waals surface area contributed by atoms with Gasteiger partial charge >= 0.3 is 11.9 Å². The number of hydrogen-bond acceptors (Lipinski definition) is 8. The number of rotatable bonds is 76. The molecule has 0 amide bonds. The zero-order valence-corrected chi connectivity index (χ0v) is 67.4. The third kappa shape index (κ3) is 84.3. The number of unbranched alkanes of at least 4 members (excludes halogenated alkanes) is 34. The Bertz CT molecular complexity index is 2340. The smallest absolute Gasteiger partial charge is 0.306 e. The number of quaternary nitrogens is 1. The van der Waals surface area contributed by atoms with E-state index in [2.05, 4.69) is 184 Å². The number of phosphoric ester groups is 1. The lowest BCUT2D eigenvalue weighted by Crippen LogP contribution is -2.37. The summed E-state index contributed by atoms with van der Waals surface area (Å²) < 4.78 is 34.4. The number of hydrogen-bond donors (Lipinski definition) is 0. The van der Waals surface area contributed by atoms with E-state index in [4.69, 9.17) is 18.5 Å². The normalized spacial score (nSPS) is 13.9. The van der Waals surface area contributed by atoms with Gasteiger partial charge in [-0.15, -0.1) is 0 Å². The van der Waals surface area contributed by atoms with Crippen LogP contribution in [0.5, 0.6) is 0 Å². The molecule has 0 fully saturated rings. The number of nitrogens with zero attached hydrogens (tertiary/aromatic N) is 1. The fourth-order valence-electron chi connectivity index (χ4n) is 11.4. The van der Waals surface area contributed by atoms with Crippen molar-refractivity contribution in [2.24, 2.45) is 0 Å². The van der Waals surface area contributed by atoms with Crippen molar-refractivity contribution in [1.29, 1.82) is 0 Å². The van der Waals surface area contributed by atoms with Crippen LogP contribution in [0.3, 0.4) is 0 Å². The van der Waals surface area contributed by atoms with Crippen LogP contribution in [0.15, 0.2) is 170 Å². The Kier molecular flexibility index (Phi) is 76.8. The molecule has 0 aliphatic heterocycles. The van der Waals surface area contributed by atoms with Gasteiger partial charge in [0, 0.05) is 12.8 Å². The summed E-state index contributed by atoms with van der Waals surface area (Å²) in [6, 6.07) is 0. The van der Waals surface area contributed by atoms with Gasteiger partial charge in [0.2, 0.25) is 0 Å². The Hall–Kier alpha value is -4.63. The summed E-state index contributed by atoms with van der Waals surface area (Å²) in [5.74, 6) is -0.831. The van der Waals surface area contributed by atoms with Crippen LogP contribution in [0.25, 0.3) is 0 Å². The molecule has 0 rings (SSSR count).